The van der Waals surface area contributed by atoms with Gasteiger partial charge in [0.1, 0.15) is 0 Å². The number of rotatable bonds is 7. The molecule has 2 N–H and O–H groups in total. The molecule has 0 radical (unpaired) electrons. The number of amides is 2. The van der Waals surface area contributed by atoms with E-state index in [1.165, 1.54) is 12.1 Å². The van der Waals surface area contributed by atoms with E-state index < -0.39 is 34.9 Å². The van der Waals surface area contributed by atoms with Crippen molar-refractivity contribution in [1.82, 2.24) is 9.88 Å². The lowest BCUT2D eigenvalue weighted by molar-refractivity contribution is -0.153. The second-order valence-corrected chi connectivity index (χ2v) is 10.4. The fourth-order valence-corrected chi connectivity index (χ4v) is 5.45. The van der Waals surface area contributed by atoms with Gasteiger partial charge in [-0.2, -0.15) is 13.2 Å². The van der Waals surface area contributed by atoms with Crippen LogP contribution in [0.4, 0.5) is 24.5 Å². The maximum absolute atomic E-state index is 13.6. The fraction of sp³-hybridized carbons (Fsp3) is 0.379. The highest BCUT2D eigenvalue weighted by atomic mass is 19.4. The molecular formula is C29H29F3N4O5. The lowest BCUT2D eigenvalue weighted by Gasteiger charge is -2.37. The van der Waals surface area contributed by atoms with Crippen molar-refractivity contribution in [2.75, 3.05) is 36.4 Å². The molecule has 216 valence electrons. The first kappa shape index (κ1) is 28.2. The molecule has 12 heteroatoms. The highest BCUT2D eigenvalue weighted by molar-refractivity contribution is 6.04. The van der Waals surface area contributed by atoms with E-state index >= 15 is 0 Å². The first-order valence-corrected chi connectivity index (χ1v) is 13.4. The van der Waals surface area contributed by atoms with Crippen molar-refractivity contribution < 1.29 is 37.1 Å². The number of aromatic nitrogens is 1. The topological polar surface area (TPSA) is 116 Å². The van der Waals surface area contributed by atoms with Crippen LogP contribution in [0.25, 0.3) is 11.5 Å². The molecule has 1 aromatic heterocycles. The molecule has 1 saturated carbocycles. The zero-order valence-electron chi connectivity index (χ0n) is 22.1. The standard InChI is InChI=1S/C29H29F3N4O5/c30-29(31,32)24-23(34-26(41-24)19-6-2-1-3-7-19)25(38)33-20-8-10-21(11-9-20)35-14-16-36(17-15-35)22(37)18-28(27(39)40)12-4-5-13-28/h1-3,6-11H,4-5,12-18H2,(H,33,38)(H,39,40). The molecule has 5 rings (SSSR count). The van der Waals surface area contributed by atoms with Crippen LogP contribution in [-0.4, -0.2) is 59.0 Å². The number of nitrogens with one attached hydrogen (secondary N) is 1. The smallest absolute Gasteiger partial charge is 0.452 e. The number of anilines is 2. The number of carboxylic acids is 1. The van der Waals surface area contributed by atoms with Gasteiger partial charge in [0, 0.05) is 49.5 Å². The van der Waals surface area contributed by atoms with Crippen molar-refractivity contribution in [3.8, 4) is 11.5 Å². The minimum absolute atomic E-state index is 0.0190. The maximum Gasteiger partial charge on any atom is 0.452 e. The number of piperazine rings is 1. The van der Waals surface area contributed by atoms with Gasteiger partial charge in [-0.3, -0.25) is 14.4 Å². The predicted octanol–water partition coefficient (Wildman–Crippen LogP) is 5.30. The molecule has 41 heavy (non-hydrogen) atoms. The monoisotopic (exact) mass is 570 g/mol. The number of alkyl halides is 3. The normalized spacial score (nSPS) is 17.0. The summed E-state index contributed by atoms with van der Waals surface area (Å²) in [6.07, 6.45) is -2.20. The Kier molecular flexibility index (Phi) is 7.74. The zero-order chi connectivity index (χ0) is 29.2. The average molecular weight is 571 g/mol. The number of halogens is 3. The van der Waals surface area contributed by atoms with E-state index in [9.17, 15) is 32.7 Å². The van der Waals surface area contributed by atoms with Crippen LogP contribution >= 0.6 is 0 Å². The predicted molar refractivity (Wildman–Crippen MR) is 143 cm³/mol. The van der Waals surface area contributed by atoms with Crippen molar-refractivity contribution in [2.45, 2.75) is 38.3 Å². The molecule has 2 fully saturated rings. The number of oxazole rings is 1. The van der Waals surface area contributed by atoms with Crippen LogP contribution in [0.5, 0.6) is 0 Å². The van der Waals surface area contributed by atoms with E-state index in [0.717, 1.165) is 18.5 Å². The highest BCUT2D eigenvalue weighted by Gasteiger charge is 2.44. The first-order chi connectivity index (χ1) is 19.6. The highest BCUT2D eigenvalue weighted by Crippen LogP contribution is 2.42. The van der Waals surface area contributed by atoms with Crippen LogP contribution in [0.3, 0.4) is 0 Å². The van der Waals surface area contributed by atoms with Gasteiger partial charge >= 0.3 is 12.1 Å². The number of aliphatic carboxylic acids is 1. The van der Waals surface area contributed by atoms with Crippen LogP contribution < -0.4 is 10.2 Å². The van der Waals surface area contributed by atoms with Crippen molar-refractivity contribution in [2.24, 2.45) is 5.41 Å². The lowest BCUT2D eigenvalue weighted by atomic mass is 9.82. The number of nitrogens with zero attached hydrogens (tertiary/aromatic N) is 3. The summed E-state index contributed by atoms with van der Waals surface area (Å²) in [7, 11) is 0. The van der Waals surface area contributed by atoms with Crippen LogP contribution in [0.15, 0.2) is 59.0 Å². The van der Waals surface area contributed by atoms with E-state index in [1.54, 1.807) is 47.4 Å². The molecule has 3 aromatic rings. The number of carbonyl (C=O) groups excluding carboxylic acids is 2. The Labute approximate surface area is 234 Å². The van der Waals surface area contributed by atoms with Gasteiger partial charge in [0.25, 0.3) is 5.91 Å². The van der Waals surface area contributed by atoms with Crippen molar-refractivity contribution in [1.29, 1.82) is 0 Å². The Hall–Kier alpha value is -4.35. The molecule has 2 heterocycles. The quantitative estimate of drug-likeness (QED) is 0.396. The molecule has 1 saturated heterocycles. The van der Waals surface area contributed by atoms with Crippen molar-refractivity contribution >= 4 is 29.2 Å². The van der Waals surface area contributed by atoms with E-state index in [-0.39, 0.29) is 23.9 Å². The Bertz CT molecular complexity index is 1410. The third-order valence-electron chi connectivity index (χ3n) is 7.75. The maximum atomic E-state index is 13.6. The molecule has 9 nitrogen and oxygen atoms in total. The van der Waals surface area contributed by atoms with E-state index in [1.807, 2.05) is 4.90 Å². The minimum atomic E-state index is -4.91. The molecule has 1 aliphatic carbocycles. The van der Waals surface area contributed by atoms with Gasteiger partial charge in [0.2, 0.25) is 17.6 Å². The summed E-state index contributed by atoms with van der Waals surface area (Å²) in [5, 5.41) is 12.1. The molecule has 1 aliphatic heterocycles. The third-order valence-corrected chi connectivity index (χ3v) is 7.75. The van der Waals surface area contributed by atoms with Crippen molar-refractivity contribution in [3.63, 3.8) is 0 Å². The number of hydrogen-bond donors (Lipinski definition) is 2. The van der Waals surface area contributed by atoms with Gasteiger partial charge in [0.15, 0.2) is 5.69 Å². The second kappa shape index (κ2) is 11.3. The Balaban J connectivity index is 1.20. The summed E-state index contributed by atoms with van der Waals surface area (Å²) in [5.74, 6) is -3.88. The minimum Gasteiger partial charge on any atom is -0.481 e. The Morgan fingerprint density at radius 3 is 2.17 bits per heavy atom. The molecule has 0 bridgehead atoms. The Morgan fingerprint density at radius 1 is 0.951 bits per heavy atom. The zero-order valence-corrected chi connectivity index (χ0v) is 22.1. The van der Waals surface area contributed by atoms with E-state index in [2.05, 4.69) is 10.3 Å². The molecule has 0 atom stereocenters. The Morgan fingerprint density at radius 2 is 1.59 bits per heavy atom. The van der Waals surface area contributed by atoms with Crippen molar-refractivity contribution in [3.05, 3.63) is 66.1 Å². The average Bonchev–Trinajstić information content (AvgIpc) is 3.63. The van der Waals surface area contributed by atoms with Gasteiger partial charge in [-0.1, -0.05) is 31.0 Å². The first-order valence-electron chi connectivity index (χ1n) is 13.4. The molecule has 0 unspecified atom stereocenters. The number of carbonyl (C=O) groups is 3. The van der Waals surface area contributed by atoms with E-state index in [0.29, 0.717) is 44.6 Å². The number of hydrogen-bond acceptors (Lipinski definition) is 6. The largest absolute Gasteiger partial charge is 0.481 e. The van der Waals surface area contributed by atoms with Gasteiger partial charge in [-0.05, 0) is 49.2 Å². The number of benzene rings is 2. The SMILES string of the molecule is O=C(Nc1ccc(N2CCN(C(=O)CC3(C(=O)O)CCCC3)CC2)cc1)c1nc(-c2ccccc2)oc1C(F)(F)F. The summed E-state index contributed by atoms with van der Waals surface area (Å²) in [6, 6.07) is 14.6. The summed E-state index contributed by atoms with van der Waals surface area (Å²) in [6.45, 7) is 1.97. The number of carboxylic acid groups (broad SMARTS) is 1. The van der Waals surface area contributed by atoms with Gasteiger partial charge in [-0.25, -0.2) is 4.98 Å². The summed E-state index contributed by atoms with van der Waals surface area (Å²) < 4.78 is 45.7. The lowest BCUT2D eigenvalue weighted by Crippen LogP contribution is -2.50. The van der Waals surface area contributed by atoms with Gasteiger partial charge in [-0.15, -0.1) is 0 Å². The molecule has 2 aliphatic rings. The van der Waals surface area contributed by atoms with Crippen LogP contribution in [0, 0.1) is 5.41 Å². The molecule has 2 amide bonds. The second-order valence-electron chi connectivity index (χ2n) is 10.4. The fourth-order valence-electron chi connectivity index (χ4n) is 5.45. The summed E-state index contributed by atoms with van der Waals surface area (Å²) in [5.41, 5.74) is -0.409. The van der Waals surface area contributed by atoms with Crippen LogP contribution in [0.1, 0.15) is 48.4 Å². The van der Waals surface area contributed by atoms with E-state index in [4.69, 9.17) is 4.42 Å². The van der Waals surface area contributed by atoms with Gasteiger partial charge in [0.05, 0.1) is 5.41 Å². The third kappa shape index (κ3) is 6.06. The summed E-state index contributed by atoms with van der Waals surface area (Å²) in [4.78, 5) is 45.0. The van der Waals surface area contributed by atoms with Crippen LogP contribution in [0.2, 0.25) is 0 Å². The summed E-state index contributed by atoms with van der Waals surface area (Å²) >= 11 is 0. The molecule has 0 spiro atoms. The van der Waals surface area contributed by atoms with Gasteiger partial charge < -0.3 is 24.6 Å². The molecule has 2 aromatic carbocycles. The van der Waals surface area contributed by atoms with Crippen LogP contribution in [-0.2, 0) is 15.8 Å². The molecular weight excluding hydrogens is 541 g/mol.